The van der Waals surface area contributed by atoms with Gasteiger partial charge in [0.1, 0.15) is 12.1 Å². The maximum Gasteiger partial charge on any atom is 0.257 e. The van der Waals surface area contributed by atoms with Gasteiger partial charge in [-0.15, -0.1) is 0 Å². The van der Waals surface area contributed by atoms with Crippen LogP contribution in [-0.4, -0.2) is 33.4 Å². The normalized spacial score (nSPS) is 16.0. The molecule has 0 atom stereocenters. The van der Waals surface area contributed by atoms with Gasteiger partial charge in [0, 0.05) is 25.6 Å². The van der Waals surface area contributed by atoms with E-state index < -0.39 is 0 Å². The zero-order valence-electron chi connectivity index (χ0n) is 13.8. The Kier molecular flexibility index (Phi) is 3.84. The number of hydrogen-bond donors (Lipinski definition) is 0. The van der Waals surface area contributed by atoms with Gasteiger partial charge in [0.15, 0.2) is 0 Å². The number of carbonyl (C=O) groups is 1. The summed E-state index contributed by atoms with van der Waals surface area (Å²) in [6.07, 6.45) is 5.90. The molecule has 0 bridgehead atoms. The minimum Gasteiger partial charge on any atom is -0.472 e. The molecule has 0 aliphatic carbocycles. The molecule has 5 heteroatoms. The number of furan rings is 1. The third-order valence-corrected chi connectivity index (χ3v) is 4.87. The molecule has 1 amide bonds. The molecule has 0 radical (unpaired) electrons. The second kappa shape index (κ2) is 6.15. The summed E-state index contributed by atoms with van der Waals surface area (Å²) in [5.74, 6) is 1.20. The minimum absolute atomic E-state index is 0.0633. The van der Waals surface area contributed by atoms with Crippen LogP contribution in [0.2, 0.25) is 0 Å². The van der Waals surface area contributed by atoms with Gasteiger partial charge < -0.3 is 13.9 Å². The number of imidazole rings is 1. The van der Waals surface area contributed by atoms with Crippen molar-refractivity contribution >= 4 is 16.9 Å². The smallest absolute Gasteiger partial charge is 0.257 e. The Balaban J connectivity index is 1.55. The molecule has 1 saturated heterocycles. The molecule has 3 heterocycles. The van der Waals surface area contributed by atoms with E-state index in [2.05, 4.69) is 29.7 Å². The maximum absolute atomic E-state index is 12.4. The van der Waals surface area contributed by atoms with Gasteiger partial charge in [0.2, 0.25) is 0 Å². The van der Waals surface area contributed by atoms with Crippen LogP contribution in [0.1, 0.15) is 42.0 Å². The van der Waals surface area contributed by atoms with Gasteiger partial charge >= 0.3 is 0 Å². The average molecular weight is 323 g/mol. The molecule has 1 aliphatic rings. The number of likely N-dealkylation sites (tertiary alicyclic amines) is 1. The fourth-order valence-corrected chi connectivity index (χ4v) is 3.65. The summed E-state index contributed by atoms with van der Waals surface area (Å²) >= 11 is 0. The van der Waals surface area contributed by atoms with Crippen LogP contribution >= 0.6 is 0 Å². The zero-order valence-corrected chi connectivity index (χ0v) is 13.8. The van der Waals surface area contributed by atoms with Crippen molar-refractivity contribution in [2.24, 2.45) is 0 Å². The van der Waals surface area contributed by atoms with Gasteiger partial charge in [-0.05, 0) is 31.0 Å². The lowest BCUT2D eigenvalue weighted by molar-refractivity contribution is 0.0694. The number of piperidine rings is 1. The topological polar surface area (TPSA) is 51.3 Å². The first kappa shape index (κ1) is 15.0. The number of hydrogen-bond acceptors (Lipinski definition) is 3. The first-order chi connectivity index (χ1) is 11.8. The number of carbonyl (C=O) groups excluding carboxylic acids is 1. The highest BCUT2D eigenvalue weighted by Crippen LogP contribution is 2.29. The monoisotopic (exact) mass is 323 g/mol. The van der Waals surface area contributed by atoms with Crippen molar-refractivity contribution < 1.29 is 9.21 Å². The molecule has 24 heavy (non-hydrogen) atoms. The van der Waals surface area contributed by atoms with Crippen molar-refractivity contribution in [2.45, 2.75) is 32.2 Å². The zero-order chi connectivity index (χ0) is 16.5. The molecule has 0 saturated carbocycles. The van der Waals surface area contributed by atoms with Crippen LogP contribution in [0.3, 0.4) is 0 Å². The lowest BCUT2D eigenvalue weighted by atomic mass is 10.0. The van der Waals surface area contributed by atoms with Gasteiger partial charge in [-0.2, -0.15) is 0 Å². The highest BCUT2D eigenvalue weighted by atomic mass is 16.3. The number of aryl methyl sites for hydroxylation is 1. The van der Waals surface area contributed by atoms with Crippen LogP contribution in [0.5, 0.6) is 0 Å². The summed E-state index contributed by atoms with van der Waals surface area (Å²) in [5.41, 5.74) is 2.90. The van der Waals surface area contributed by atoms with Crippen LogP contribution in [0.15, 0.2) is 47.3 Å². The van der Waals surface area contributed by atoms with Crippen LogP contribution in [0.25, 0.3) is 11.0 Å². The highest BCUT2D eigenvalue weighted by Gasteiger charge is 2.27. The number of fused-ring (bicyclic) bond motifs is 1. The molecule has 0 spiro atoms. The van der Waals surface area contributed by atoms with E-state index in [1.165, 1.54) is 11.8 Å². The molecule has 3 aromatic rings. The second-order valence-electron chi connectivity index (χ2n) is 6.28. The number of rotatable bonds is 3. The fraction of sp³-hybridized carbons (Fsp3) is 0.368. The van der Waals surface area contributed by atoms with Crippen molar-refractivity contribution in [1.29, 1.82) is 0 Å². The summed E-state index contributed by atoms with van der Waals surface area (Å²) in [5, 5.41) is 0. The molecule has 4 rings (SSSR count). The fourth-order valence-electron chi connectivity index (χ4n) is 3.65. The van der Waals surface area contributed by atoms with E-state index in [-0.39, 0.29) is 5.91 Å². The van der Waals surface area contributed by atoms with Gasteiger partial charge in [-0.25, -0.2) is 4.98 Å². The quantitative estimate of drug-likeness (QED) is 0.739. The third-order valence-electron chi connectivity index (χ3n) is 4.87. The van der Waals surface area contributed by atoms with Crippen molar-refractivity contribution in [2.75, 3.05) is 13.1 Å². The van der Waals surface area contributed by atoms with E-state index in [0.717, 1.165) is 43.7 Å². The number of nitrogens with zero attached hydrogens (tertiary/aromatic N) is 3. The molecule has 124 valence electrons. The summed E-state index contributed by atoms with van der Waals surface area (Å²) in [4.78, 5) is 19.1. The number of amides is 1. The molecule has 0 N–H and O–H groups in total. The van der Waals surface area contributed by atoms with Gasteiger partial charge in [-0.3, -0.25) is 4.79 Å². The Morgan fingerprint density at radius 3 is 2.75 bits per heavy atom. The Bertz CT molecular complexity index is 843. The molecule has 1 aromatic carbocycles. The lowest BCUT2D eigenvalue weighted by Crippen LogP contribution is -2.39. The van der Waals surface area contributed by atoms with E-state index in [4.69, 9.17) is 9.40 Å². The first-order valence-corrected chi connectivity index (χ1v) is 8.55. The van der Waals surface area contributed by atoms with Gasteiger partial charge in [-0.1, -0.05) is 19.1 Å². The Morgan fingerprint density at radius 2 is 2.04 bits per heavy atom. The predicted octanol–water partition coefficient (Wildman–Crippen LogP) is 3.67. The summed E-state index contributed by atoms with van der Waals surface area (Å²) in [6.45, 7) is 3.68. The second-order valence-corrected chi connectivity index (χ2v) is 6.28. The Labute approximate surface area is 140 Å². The average Bonchev–Trinajstić information content (AvgIpc) is 3.28. The van der Waals surface area contributed by atoms with E-state index in [9.17, 15) is 4.79 Å². The SMILES string of the molecule is CCc1nc2ccccc2n1C1CCN(C(=O)c2ccoc2)CC1. The predicted molar refractivity (Wildman–Crippen MR) is 92.0 cm³/mol. The van der Waals surface area contributed by atoms with E-state index in [1.807, 2.05) is 11.0 Å². The van der Waals surface area contributed by atoms with Crippen LogP contribution in [0.4, 0.5) is 0 Å². The first-order valence-electron chi connectivity index (χ1n) is 8.55. The lowest BCUT2D eigenvalue weighted by Gasteiger charge is -2.33. The molecule has 5 nitrogen and oxygen atoms in total. The highest BCUT2D eigenvalue weighted by molar-refractivity contribution is 5.93. The summed E-state index contributed by atoms with van der Waals surface area (Å²) < 4.78 is 7.41. The maximum atomic E-state index is 12.4. The van der Waals surface area contributed by atoms with Crippen molar-refractivity contribution in [3.8, 4) is 0 Å². The molecule has 2 aromatic heterocycles. The number of benzene rings is 1. The van der Waals surface area contributed by atoms with Gasteiger partial charge in [0.25, 0.3) is 5.91 Å². The van der Waals surface area contributed by atoms with Crippen LogP contribution in [-0.2, 0) is 6.42 Å². The van der Waals surface area contributed by atoms with Crippen molar-refractivity contribution in [3.05, 3.63) is 54.2 Å². The van der Waals surface area contributed by atoms with Crippen molar-refractivity contribution in [3.63, 3.8) is 0 Å². The number of para-hydroxylation sites is 2. The van der Waals surface area contributed by atoms with Gasteiger partial charge in [0.05, 0.1) is 22.9 Å². The third kappa shape index (κ3) is 2.50. The number of aromatic nitrogens is 2. The molecular formula is C19H21N3O2. The van der Waals surface area contributed by atoms with E-state index in [0.29, 0.717) is 11.6 Å². The van der Waals surface area contributed by atoms with Crippen LogP contribution in [0, 0.1) is 0 Å². The Hall–Kier alpha value is -2.56. The van der Waals surface area contributed by atoms with E-state index >= 15 is 0 Å². The molecule has 1 aliphatic heterocycles. The standard InChI is InChI=1S/C19H21N3O2/c1-2-18-20-16-5-3-4-6-17(16)22(18)15-7-10-21(11-8-15)19(23)14-9-12-24-13-14/h3-6,9,12-13,15H,2,7-8,10-11H2,1H3. The van der Waals surface area contributed by atoms with Crippen LogP contribution < -0.4 is 0 Å². The molecular weight excluding hydrogens is 302 g/mol. The van der Waals surface area contributed by atoms with E-state index in [1.54, 1.807) is 12.3 Å². The minimum atomic E-state index is 0.0633. The van der Waals surface area contributed by atoms with Crippen molar-refractivity contribution in [1.82, 2.24) is 14.5 Å². The molecule has 0 unspecified atom stereocenters. The summed E-state index contributed by atoms with van der Waals surface area (Å²) in [7, 11) is 0. The largest absolute Gasteiger partial charge is 0.472 e. The summed E-state index contributed by atoms with van der Waals surface area (Å²) in [6, 6.07) is 10.4. The Morgan fingerprint density at radius 1 is 1.25 bits per heavy atom. The molecule has 1 fully saturated rings.